The van der Waals surface area contributed by atoms with Crippen molar-refractivity contribution in [1.82, 2.24) is 0 Å². The highest BCUT2D eigenvalue weighted by atomic mass is 16.5. The molecule has 0 aliphatic heterocycles. The van der Waals surface area contributed by atoms with Gasteiger partial charge in [-0.15, -0.1) is 0 Å². The topological polar surface area (TPSA) is 61.8 Å². The van der Waals surface area contributed by atoms with E-state index in [2.05, 4.69) is 13.8 Å². The molecule has 0 saturated carbocycles. The maximum atomic E-state index is 12.9. The molecular weight excluding hydrogens is 584 g/mol. The monoisotopic (exact) mass is 640 g/mol. The number of carbonyl (C=O) groups excluding carboxylic acids is 2. The molecule has 0 amide bonds. The summed E-state index contributed by atoms with van der Waals surface area (Å²) >= 11 is 0. The van der Waals surface area contributed by atoms with Crippen molar-refractivity contribution in [3.63, 3.8) is 0 Å². The molecule has 5 nitrogen and oxygen atoms in total. The molecule has 47 heavy (non-hydrogen) atoms. The van der Waals surface area contributed by atoms with Crippen LogP contribution < -0.4 is 14.2 Å². The van der Waals surface area contributed by atoms with Crippen molar-refractivity contribution in [2.75, 3.05) is 13.2 Å². The van der Waals surface area contributed by atoms with Crippen molar-refractivity contribution in [2.45, 2.75) is 117 Å². The van der Waals surface area contributed by atoms with Gasteiger partial charge in [0.25, 0.3) is 0 Å². The molecule has 3 aromatic rings. The first-order valence-corrected chi connectivity index (χ1v) is 18.1. The maximum Gasteiger partial charge on any atom is 0.343 e. The second-order valence-corrected chi connectivity index (χ2v) is 12.4. The van der Waals surface area contributed by atoms with E-state index < -0.39 is 5.97 Å². The Morgan fingerprint density at radius 1 is 0.532 bits per heavy atom. The molecule has 5 heteroatoms. The van der Waals surface area contributed by atoms with Crippen molar-refractivity contribution in [1.29, 1.82) is 0 Å². The molecule has 3 aromatic carbocycles. The molecule has 0 radical (unpaired) electrons. The van der Waals surface area contributed by atoms with Crippen molar-refractivity contribution in [3.8, 4) is 17.2 Å². The lowest BCUT2D eigenvalue weighted by Gasteiger charge is -2.08. The largest absolute Gasteiger partial charge is 0.494 e. The van der Waals surface area contributed by atoms with Crippen LogP contribution in [0.15, 0.2) is 78.9 Å². The summed E-state index contributed by atoms with van der Waals surface area (Å²) in [5.74, 6) is 1.25. The van der Waals surface area contributed by atoms with Crippen LogP contribution in [0.4, 0.5) is 0 Å². The number of benzene rings is 3. The summed E-state index contributed by atoms with van der Waals surface area (Å²) in [6.07, 6.45) is 23.6. The summed E-state index contributed by atoms with van der Waals surface area (Å²) in [6, 6.07) is 21.4. The van der Waals surface area contributed by atoms with E-state index in [1.54, 1.807) is 54.6 Å². The van der Waals surface area contributed by atoms with Gasteiger partial charge in [0.15, 0.2) is 5.78 Å². The van der Waals surface area contributed by atoms with Crippen LogP contribution in [-0.4, -0.2) is 25.0 Å². The van der Waals surface area contributed by atoms with Crippen LogP contribution in [-0.2, 0) is 0 Å². The zero-order valence-electron chi connectivity index (χ0n) is 28.9. The molecule has 3 rings (SSSR count). The Labute approximate surface area is 283 Å². The predicted octanol–water partition coefficient (Wildman–Crippen LogP) is 11.8. The van der Waals surface area contributed by atoms with Gasteiger partial charge in [-0.25, -0.2) is 4.79 Å². The van der Waals surface area contributed by atoms with Gasteiger partial charge in [0, 0.05) is 5.56 Å². The number of hydrogen-bond donors (Lipinski definition) is 0. The van der Waals surface area contributed by atoms with Crippen LogP contribution in [0.2, 0.25) is 0 Å². The first-order valence-electron chi connectivity index (χ1n) is 18.1. The second kappa shape index (κ2) is 23.5. The highest BCUT2D eigenvalue weighted by Crippen LogP contribution is 2.20. The fraction of sp³-hybridized carbons (Fsp3) is 0.476. The molecule has 0 unspecified atom stereocenters. The normalized spacial score (nSPS) is 11.1. The number of rotatable bonds is 25. The van der Waals surface area contributed by atoms with Crippen molar-refractivity contribution >= 4 is 17.8 Å². The number of carbonyl (C=O) groups is 2. The van der Waals surface area contributed by atoms with E-state index in [0.717, 1.165) is 36.5 Å². The van der Waals surface area contributed by atoms with Crippen molar-refractivity contribution in [2.24, 2.45) is 0 Å². The molecule has 0 bridgehead atoms. The highest BCUT2D eigenvalue weighted by Gasteiger charge is 2.11. The summed E-state index contributed by atoms with van der Waals surface area (Å²) in [4.78, 5) is 25.6. The number of esters is 1. The number of allylic oxidation sites excluding steroid dienone is 1. The standard InChI is InChI=1S/C42H56O5/c1-3-5-7-9-11-12-13-14-16-18-32-45-38-27-22-35(23-28-38)24-31-41(43)37-20-19-21-40(34-37)47-42(44)36-25-29-39(30-26-36)46-33-17-15-10-8-6-4-2/h19-31,34H,3-18,32-33H2,1-2H3/b31-24+. The summed E-state index contributed by atoms with van der Waals surface area (Å²) in [5, 5.41) is 0. The smallest absolute Gasteiger partial charge is 0.343 e. The lowest BCUT2D eigenvalue weighted by atomic mass is 10.1. The van der Waals surface area contributed by atoms with Gasteiger partial charge >= 0.3 is 5.97 Å². The molecule has 0 aliphatic carbocycles. The minimum absolute atomic E-state index is 0.170. The van der Waals surface area contributed by atoms with Gasteiger partial charge in [-0.3, -0.25) is 4.79 Å². The minimum Gasteiger partial charge on any atom is -0.494 e. The number of unbranched alkanes of at least 4 members (excludes halogenated alkanes) is 14. The molecule has 0 N–H and O–H groups in total. The Morgan fingerprint density at radius 2 is 1.02 bits per heavy atom. The fourth-order valence-electron chi connectivity index (χ4n) is 5.36. The number of ketones is 1. The molecule has 0 saturated heterocycles. The second-order valence-electron chi connectivity index (χ2n) is 12.4. The van der Waals surface area contributed by atoms with E-state index in [-0.39, 0.29) is 5.78 Å². The maximum absolute atomic E-state index is 12.9. The Bertz CT molecular complexity index is 1310. The average Bonchev–Trinajstić information content (AvgIpc) is 3.10. The molecule has 0 aliphatic rings. The van der Waals surface area contributed by atoms with E-state index >= 15 is 0 Å². The van der Waals surface area contributed by atoms with Crippen LogP contribution >= 0.6 is 0 Å². The van der Waals surface area contributed by atoms with Gasteiger partial charge in [0.1, 0.15) is 17.2 Å². The van der Waals surface area contributed by atoms with Gasteiger partial charge in [-0.05, 0) is 73.0 Å². The van der Waals surface area contributed by atoms with E-state index in [1.165, 1.54) is 96.0 Å². The number of hydrogen-bond acceptors (Lipinski definition) is 5. The lowest BCUT2D eigenvalue weighted by molar-refractivity contribution is 0.0733. The van der Waals surface area contributed by atoms with Crippen LogP contribution in [0.5, 0.6) is 17.2 Å². The van der Waals surface area contributed by atoms with Crippen LogP contribution in [0.3, 0.4) is 0 Å². The molecule has 0 atom stereocenters. The first kappa shape index (κ1) is 37.6. The minimum atomic E-state index is -0.483. The number of ether oxygens (including phenoxy) is 3. The van der Waals surface area contributed by atoms with E-state index in [9.17, 15) is 9.59 Å². The molecule has 0 spiro atoms. The third-order valence-electron chi connectivity index (χ3n) is 8.26. The van der Waals surface area contributed by atoms with E-state index in [0.29, 0.717) is 23.5 Å². The third-order valence-corrected chi connectivity index (χ3v) is 8.26. The lowest BCUT2D eigenvalue weighted by Crippen LogP contribution is -2.09. The van der Waals surface area contributed by atoms with Crippen molar-refractivity contribution < 1.29 is 23.8 Å². The summed E-state index contributed by atoms with van der Waals surface area (Å²) < 4.78 is 17.3. The molecule has 0 aromatic heterocycles. The summed E-state index contributed by atoms with van der Waals surface area (Å²) in [6.45, 7) is 5.88. The highest BCUT2D eigenvalue weighted by molar-refractivity contribution is 6.07. The van der Waals surface area contributed by atoms with Crippen molar-refractivity contribution in [3.05, 3.63) is 95.6 Å². The van der Waals surface area contributed by atoms with Crippen LogP contribution in [0, 0.1) is 0 Å². The van der Waals surface area contributed by atoms with Gasteiger partial charge in [-0.1, -0.05) is 134 Å². The zero-order valence-corrected chi connectivity index (χ0v) is 28.9. The third kappa shape index (κ3) is 16.0. The SMILES string of the molecule is CCCCCCCCCCCCOc1ccc(/C=C/C(=O)c2cccc(OC(=O)c3ccc(OCCCCCCCC)cc3)c2)cc1. The summed E-state index contributed by atoms with van der Waals surface area (Å²) in [7, 11) is 0. The van der Waals surface area contributed by atoms with E-state index in [1.807, 2.05) is 24.3 Å². The molecular formula is C42H56O5. The molecule has 0 heterocycles. The molecule has 254 valence electrons. The quantitative estimate of drug-likeness (QED) is 0.0303. The van der Waals surface area contributed by atoms with Gasteiger partial charge in [0.2, 0.25) is 0 Å². The predicted molar refractivity (Wildman–Crippen MR) is 194 cm³/mol. The Balaban J connectivity index is 1.36. The zero-order chi connectivity index (χ0) is 33.4. The summed E-state index contributed by atoms with van der Waals surface area (Å²) in [5.41, 5.74) is 1.78. The molecule has 0 fully saturated rings. The first-order chi connectivity index (χ1) is 23.1. The van der Waals surface area contributed by atoms with Crippen LogP contribution in [0.25, 0.3) is 6.08 Å². The van der Waals surface area contributed by atoms with Gasteiger partial charge < -0.3 is 14.2 Å². The Hall–Kier alpha value is -3.86. The fourth-order valence-corrected chi connectivity index (χ4v) is 5.36. The van der Waals surface area contributed by atoms with Crippen LogP contribution in [0.1, 0.15) is 143 Å². The van der Waals surface area contributed by atoms with Gasteiger partial charge in [0.05, 0.1) is 18.8 Å². The Morgan fingerprint density at radius 3 is 1.55 bits per heavy atom. The Kier molecular flexibility index (Phi) is 18.8. The van der Waals surface area contributed by atoms with E-state index in [4.69, 9.17) is 14.2 Å². The average molecular weight is 641 g/mol. The van der Waals surface area contributed by atoms with Gasteiger partial charge in [-0.2, -0.15) is 0 Å².